The van der Waals surface area contributed by atoms with Crippen LogP contribution in [0.15, 0.2) is 24.4 Å². The number of aromatic nitrogens is 1. The maximum Gasteiger partial charge on any atom is 0.168 e. The fourth-order valence-electron chi connectivity index (χ4n) is 2.80. The Bertz CT molecular complexity index is 367. The van der Waals surface area contributed by atoms with Crippen LogP contribution in [0.25, 0.3) is 0 Å². The van der Waals surface area contributed by atoms with E-state index in [1.807, 2.05) is 18.3 Å². The molecule has 2 heterocycles. The molecule has 18 heavy (non-hydrogen) atoms. The molecule has 1 saturated carbocycles. The Morgan fingerprint density at radius 3 is 2.67 bits per heavy atom. The number of nitrogens with one attached hydrogen (secondary N) is 1. The van der Waals surface area contributed by atoms with Crippen LogP contribution in [0.3, 0.4) is 0 Å². The average Bonchev–Trinajstić information content (AvgIpc) is 2.88. The SMILES string of the molecule is c1ccc(CNC2CCC3(CC2)OCCO3)nc1. The van der Waals surface area contributed by atoms with Gasteiger partial charge in [0.15, 0.2) is 5.79 Å². The van der Waals surface area contributed by atoms with Crippen molar-refractivity contribution >= 4 is 0 Å². The van der Waals surface area contributed by atoms with E-state index in [0.717, 1.165) is 51.1 Å². The van der Waals surface area contributed by atoms with Crippen molar-refractivity contribution in [2.75, 3.05) is 13.2 Å². The van der Waals surface area contributed by atoms with E-state index in [1.54, 1.807) is 0 Å². The molecule has 4 nitrogen and oxygen atoms in total. The molecule has 0 atom stereocenters. The zero-order valence-electron chi connectivity index (χ0n) is 10.6. The molecule has 0 radical (unpaired) electrons. The number of hydrogen-bond acceptors (Lipinski definition) is 4. The van der Waals surface area contributed by atoms with Gasteiger partial charge in [0.2, 0.25) is 0 Å². The Morgan fingerprint density at radius 1 is 1.22 bits per heavy atom. The predicted octanol–water partition coefficient (Wildman–Crippen LogP) is 1.86. The van der Waals surface area contributed by atoms with Crippen LogP contribution in [-0.2, 0) is 16.0 Å². The van der Waals surface area contributed by atoms with Gasteiger partial charge in [-0.25, -0.2) is 0 Å². The Balaban J connectivity index is 1.46. The summed E-state index contributed by atoms with van der Waals surface area (Å²) in [4.78, 5) is 4.32. The van der Waals surface area contributed by atoms with Gasteiger partial charge in [-0.3, -0.25) is 4.98 Å². The Labute approximate surface area is 108 Å². The number of rotatable bonds is 3. The third-order valence-electron chi connectivity index (χ3n) is 3.86. The summed E-state index contributed by atoms with van der Waals surface area (Å²) in [7, 11) is 0. The van der Waals surface area contributed by atoms with Gasteiger partial charge >= 0.3 is 0 Å². The van der Waals surface area contributed by atoms with E-state index in [-0.39, 0.29) is 5.79 Å². The fourth-order valence-corrected chi connectivity index (χ4v) is 2.80. The third kappa shape index (κ3) is 2.71. The second-order valence-corrected chi connectivity index (χ2v) is 5.08. The smallest absolute Gasteiger partial charge is 0.168 e. The molecule has 0 aromatic carbocycles. The van der Waals surface area contributed by atoms with E-state index in [2.05, 4.69) is 16.4 Å². The van der Waals surface area contributed by atoms with Gasteiger partial charge in [0.1, 0.15) is 0 Å². The highest BCUT2D eigenvalue weighted by molar-refractivity contribution is 5.03. The number of pyridine rings is 1. The minimum atomic E-state index is -0.247. The molecule has 3 rings (SSSR count). The fraction of sp³-hybridized carbons (Fsp3) is 0.643. The maximum absolute atomic E-state index is 5.73. The highest BCUT2D eigenvalue weighted by Crippen LogP contribution is 2.35. The molecule has 2 fully saturated rings. The van der Waals surface area contributed by atoms with Crippen molar-refractivity contribution in [3.8, 4) is 0 Å². The van der Waals surface area contributed by atoms with Crippen LogP contribution in [0.2, 0.25) is 0 Å². The van der Waals surface area contributed by atoms with Gasteiger partial charge in [-0.1, -0.05) is 6.07 Å². The van der Waals surface area contributed by atoms with E-state index in [9.17, 15) is 0 Å². The van der Waals surface area contributed by atoms with Crippen molar-refractivity contribution in [1.82, 2.24) is 10.3 Å². The lowest BCUT2D eigenvalue weighted by atomic mass is 9.90. The molecule has 1 aromatic heterocycles. The maximum atomic E-state index is 5.73. The summed E-state index contributed by atoms with van der Waals surface area (Å²) in [5.74, 6) is -0.247. The van der Waals surface area contributed by atoms with Gasteiger partial charge in [-0.15, -0.1) is 0 Å². The lowest BCUT2D eigenvalue weighted by Crippen LogP contribution is -2.41. The van der Waals surface area contributed by atoms with Gasteiger partial charge in [0.05, 0.1) is 18.9 Å². The van der Waals surface area contributed by atoms with Crippen LogP contribution < -0.4 is 5.32 Å². The van der Waals surface area contributed by atoms with Crippen molar-refractivity contribution in [3.63, 3.8) is 0 Å². The summed E-state index contributed by atoms with van der Waals surface area (Å²) >= 11 is 0. The van der Waals surface area contributed by atoms with E-state index in [4.69, 9.17) is 9.47 Å². The van der Waals surface area contributed by atoms with Gasteiger partial charge in [0.25, 0.3) is 0 Å². The van der Waals surface area contributed by atoms with Crippen molar-refractivity contribution in [2.45, 2.75) is 44.1 Å². The number of hydrogen-bond donors (Lipinski definition) is 1. The summed E-state index contributed by atoms with van der Waals surface area (Å²) in [6, 6.07) is 6.59. The quantitative estimate of drug-likeness (QED) is 0.886. The monoisotopic (exact) mass is 248 g/mol. The summed E-state index contributed by atoms with van der Waals surface area (Å²) < 4.78 is 11.5. The molecule has 2 aliphatic rings. The van der Waals surface area contributed by atoms with Gasteiger partial charge in [-0.2, -0.15) is 0 Å². The minimum Gasteiger partial charge on any atom is -0.348 e. The van der Waals surface area contributed by atoms with Crippen molar-refractivity contribution < 1.29 is 9.47 Å². The predicted molar refractivity (Wildman–Crippen MR) is 68.0 cm³/mol. The van der Waals surface area contributed by atoms with Crippen LogP contribution in [-0.4, -0.2) is 30.0 Å². The zero-order valence-corrected chi connectivity index (χ0v) is 10.6. The van der Waals surface area contributed by atoms with Crippen molar-refractivity contribution in [1.29, 1.82) is 0 Å². The van der Waals surface area contributed by atoms with Crippen LogP contribution in [0.5, 0.6) is 0 Å². The first-order chi connectivity index (χ1) is 8.86. The topological polar surface area (TPSA) is 43.4 Å². The van der Waals surface area contributed by atoms with Crippen molar-refractivity contribution in [3.05, 3.63) is 30.1 Å². The van der Waals surface area contributed by atoms with E-state index in [0.29, 0.717) is 6.04 Å². The normalized spacial score (nSPS) is 23.6. The minimum absolute atomic E-state index is 0.247. The van der Waals surface area contributed by atoms with Gasteiger partial charge < -0.3 is 14.8 Å². The molecular weight excluding hydrogens is 228 g/mol. The van der Waals surface area contributed by atoms with Gasteiger partial charge in [0, 0.05) is 31.6 Å². The summed E-state index contributed by atoms with van der Waals surface area (Å²) in [6.45, 7) is 2.36. The van der Waals surface area contributed by atoms with Crippen LogP contribution in [0.4, 0.5) is 0 Å². The number of ether oxygens (including phenoxy) is 2. The second kappa shape index (κ2) is 5.34. The van der Waals surface area contributed by atoms with Crippen LogP contribution in [0.1, 0.15) is 31.4 Å². The molecule has 1 aromatic rings. The molecule has 4 heteroatoms. The summed E-state index contributed by atoms with van der Waals surface area (Å²) in [5, 5.41) is 3.57. The lowest BCUT2D eigenvalue weighted by molar-refractivity contribution is -0.179. The molecular formula is C14H20N2O2. The highest BCUT2D eigenvalue weighted by atomic mass is 16.7. The molecule has 1 saturated heterocycles. The van der Waals surface area contributed by atoms with Crippen LogP contribution >= 0.6 is 0 Å². The molecule has 0 bridgehead atoms. The molecule has 1 aliphatic carbocycles. The van der Waals surface area contributed by atoms with E-state index < -0.39 is 0 Å². The van der Waals surface area contributed by atoms with Crippen molar-refractivity contribution in [2.24, 2.45) is 0 Å². The van der Waals surface area contributed by atoms with E-state index in [1.165, 1.54) is 0 Å². The van der Waals surface area contributed by atoms with Crippen LogP contribution in [0, 0.1) is 0 Å². The Morgan fingerprint density at radius 2 is 2.00 bits per heavy atom. The molecule has 98 valence electrons. The summed E-state index contributed by atoms with van der Waals surface area (Å²) in [6.07, 6.45) is 6.09. The zero-order chi connectivity index (χ0) is 12.3. The first-order valence-electron chi connectivity index (χ1n) is 6.78. The number of nitrogens with zero attached hydrogens (tertiary/aromatic N) is 1. The summed E-state index contributed by atoms with van der Waals surface area (Å²) in [5.41, 5.74) is 1.10. The first kappa shape index (κ1) is 12.1. The molecule has 0 amide bonds. The van der Waals surface area contributed by atoms with E-state index >= 15 is 0 Å². The molecule has 1 spiro atoms. The largest absolute Gasteiger partial charge is 0.348 e. The molecule has 1 N–H and O–H groups in total. The molecule has 1 aliphatic heterocycles. The molecule has 0 unspecified atom stereocenters. The first-order valence-corrected chi connectivity index (χ1v) is 6.78. The standard InChI is InChI=1S/C14H20N2O2/c1-2-8-15-13(3-1)11-16-12-4-6-14(7-5-12)17-9-10-18-14/h1-3,8,12,16H,4-7,9-11H2. The lowest BCUT2D eigenvalue weighted by Gasteiger charge is -2.35. The Kier molecular flexibility index (Phi) is 3.59. The van der Waals surface area contributed by atoms with Gasteiger partial charge in [-0.05, 0) is 25.0 Å². The average molecular weight is 248 g/mol. The Hall–Kier alpha value is -0.970. The highest BCUT2D eigenvalue weighted by Gasteiger charge is 2.40. The third-order valence-corrected chi connectivity index (χ3v) is 3.86. The second-order valence-electron chi connectivity index (χ2n) is 5.08.